The molecular formula is C10H11NO2. The predicted octanol–water partition coefficient (Wildman–Crippen LogP) is 2.23. The van der Waals surface area contributed by atoms with E-state index in [1.807, 2.05) is 30.3 Å². The zero-order valence-corrected chi connectivity index (χ0v) is 7.22. The summed E-state index contributed by atoms with van der Waals surface area (Å²) in [6.45, 7) is 3.50. The molecule has 0 aromatic heterocycles. The van der Waals surface area contributed by atoms with Crippen LogP contribution >= 0.6 is 0 Å². The SMILES string of the molecule is C=CC(C[N+](=O)[O-])c1ccccc1. The van der Waals surface area contributed by atoms with Crippen molar-refractivity contribution in [2.24, 2.45) is 0 Å². The van der Waals surface area contributed by atoms with Crippen molar-refractivity contribution < 1.29 is 4.92 Å². The molecule has 0 fully saturated rings. The molecule has 0 aliphatic carbocycles. The average Bonchev–Trinajstić information content (AvgIpc) is 2.15. The molecule has 0 aliphatic heterocycles. The summed E-state index contributed by atoms with van der Waals surface area (Å²) in [6, 6.07) is 9.36. The number of hydrogen-bond donors (Lipinski definition) is 0. The number of hydrogen-bond acceptors (Lipinski definition) is 2. The number of nitrogens with zero attached hydrogens (tertiary/aromatic N) is 1. The van der Waals surface area contributed by atoms with Crippen molar-refractivity contribution in [3.8, 4) is 0 Å². The Morgan fingerprint density at radius 2 is 2.08 bits per heavy atom. The van der Waals surface area contributed by atoms with Gasteiger partial charge in [0.1, 0.15) is 0 Å². The second-order valence-corrected chi connectivity index (χ2v) is 2.77. The lowest BCUT2D eigenvalue weighted by molar-refractivity contribution is -0.481. The summed E-state index contributed by atoms with van der Waals surface area (Å²) in [4.78, 5) is 9.98. The van der Waals surface area contributed by atoms with E-state index in [-0.39, 0.29) is 17.4 Å². The van der Waals surface area contributed by atoms with E-state index in [2.05, 4.69) is 6.58 Å². The van der Waals surface area contributed by atoms with Gasteiger partial charge in [-0.2, -0.15) is 0 Å². The zero-order chi connectivity index (χ0) is 9.68. The Morgan fingerprint density at radius 3 is 2.54 bits per heavy atom. The van der Waals surface area contributed by atoms with Crippen LogP contribution in [0.15, 0.2) is 43.0 Å². The predicted molar refractivity (Wildman–Crippen MR) is 51.2 cm³/mol. The molecule has 0 saturated heterocycles. The van der Waals surface area contributed by atoms with E-state index < -0.39 is 0 Å². The summed E-state index contributed by atoms with van der Waals surface area (Å²) in [6.07, 6.45) is 1.61. The fourth-order valence-electron chi connectivity index (χ4n) is 1.18. The molecule has 68 valence electrons. The third-order valence-corrected chi connectivity index (χ3v) is 1.86. The van der Waals surface area contributed by atoms with Gasteiger partial charge in [0.25, 0.3) is 0 Å². The molecule has 0 radical (unpaired) electrons. The first-order chi connectivity index (χ1) is 6.24. The van der Waals surface area contributed by atoms with E-state index in [0.717, 1.165) is 5.56 Å². The molecule has 0 saturated carbocycles. The molecule has 3 heteroatoms. The average molecular weight is 177 g/mol. The first kappa shape index (κ1) is 9.45. The molecule has 0 amide bonds. The van der Waals surface area contributed by atoms with E-state index in [1.165, 1.54) is 0 Å². The van der Waals surface area contributed by atoms with Crippen LogP contribution in [0.3, 0.4) is 0 Å². The van der Waals surface area contributed by atoms with Gasteiger partial charge in [0.15, 0.2) is 0 Å². The molecule has 13 heavy (non-hydrogen) atoms. The minimum Gasteiger partial charge on any atom is -0.265 e. The van der Waals surface area contributed by atoms with Crippen molar-refractivity contribution in [1.29, 1.82) is 0 Å². The third-order valence-electron chi connectivity index (χ3n) is 1.86. The van der Waals surface area contributed by atoms with Crippen LogP contribution in [0.2, 0.25) is 0 Å². The van der Waals surface area contributed by atoms with Crippen molar-refractivity contribution in [3.63, 3.8) is 0 Å². The fourth-order valence-corrected chi connectivity index (χ4v) is 1.18. The Morgan fingerprint density at radius 1 is 1.46 bits per heavy atom. The van der Waals surface area contributed by atoms with Gasteiger partial charge in [-0.1, -0.05) is 36.4 Å². The topological polar surface area (TPSA) is 43.1 Å². The minimum absolute atomic E-state index is 0.0898. The normalized spacial score (nSPS) is 12.0. The van der Waals surface area contributed by atoms with E-state index in [9.17, 15) is 10.1 Å². The van der Waals surface area contributed by atoms with Gasteiger partial charge in [0.2, 0.25) is 6.54 Å². The standard InChI is InChI=1S/C10H11NO2/c1-2-9(8-11(12)13)10-6-4-3-5-7-10/h2-7,9H,1,8H2. The molecule has 1 unspecified atom stereocenters. The van der Waals surface area contributed by atoms with Crippen molar-refractivity contribution in [2.45, 2.75) is 5.92 Å². The van der Waals surface area contributed by atoms with Crippen LogP contribution < -0.4 is 0 Å². The maximum absolute atomic E-state index is 10.3. The monoisotopic (exact) mass is 177 g/mol. The van der Waals surface area contributed by atoms with Crippen molar-refractivity contribution in [2.75, 3.05) is 6.54 Å². The smallest absolute Gasteiger partial charge is 0.214 e. The van der Waals surface area contributed by atoms with Crippen LogP contribution in [0.5, 0.6) is 0 Å². The second-order valence-electron chi connectivity index (χ2n) is 2.77. The van der Waals surface area contributed by atoms with Gasteiger partial charge in [-0.25, -0.2) is 0 Å². The molecule has 0 spiro atoms. The first-order valence-corrected chi connectivity index (χ1v) is 4.03. The maximum atomic E-state index is 10.3. The first-order valence-electron chi connectivity index (χ1n) is 4.03. The van der Waals surface area contributed by atoms with Crippen LogP contribution in [0.4, 0.5) is 0 Å². The summed E-state index contributed by atoms with van der Waals surface area (Å²) >= 11 is 0. The Hall–Kier alpha value is -1.64. The molecule has 0 aliphatic rings. The van der Waals surface area contributed by atoms with E-state index in [0.29, 0.717) is 0 Å². The Kier molecular flexibility index (Phi) is 3.20. The highest BCUT2D eigenvalue weighted by molar-refractivity contribution is 5.22. The van der Waals surface area contributed by atoms with Gasteiger partial charge in [-0.3, -0.25) is 10.1 Å². The minimum atomic E-state index is -0.320. The highest BCUT2D eigenvalue weighted by atomic mass is 16.6. The van der Waals surface area contributed by atoms with Crippen molar-refractivity contribution >= 4 is 0 Å². The summed E-state index contributed by atoms with van der Waals surface area (Å²) in [7, 11) is 0. The highest BCUT2D eigenvalue weighted by Crippen LogP contribution is 2.15. The number of nitro groups is 1. The molecule has 3 nitrogen and oxygen atoms in total. The highest BCUT2D eigenvalue weighted by Gasteiger charge is 2.12. The third kappa shape index (κ3) is 2.71. The van der Waals surface area contributed by atoms with Gasteiger partial charge < -0.3 is 0 Å². The van der Waals surface area contributed by atoms with Crippen molar-refractivity contribution in [1.82, 2.24) is 0 Å². The second kappa shape index (κ2) is 4.40. The van der Waals surface area contributed by atoms with Gasteiger partial charge in [0.05, 0.1) is 5.92 Å². The van der Waals surface area contributed by atoms with Crippen LogP contribution in [-0.2, 0) is 0 Å². The molecule has 1 aromatic rings. The molecule has 0 heterocycles. The number of rotatable bonds is 4. The lowest BCUT2D eigenvalue weighted by Crippen LogP contribution is -2.09. The van der Waals surface area contributed by atoms with E-state index in [4.69, 9.17) is 0 Å². The van der Waals surface area contributed by atoms with E-state index >= 15 is 0 Å². The lowest BCUT2D eigenvalue weighted by atomic mass is 10.00. The van der Waals surface area contributed by atoms with Crippen LogP contribution in [0.1, 0.15) is 11.5 Å². The summed E-state index contributed by atoms with van der Waals surface area (Å²) in [5.41, 5.74) is 0.939. The summed E-state index contributed by atoms with van der Waals surface area (Å²) in [5.74, 6) is -0.184. The van der Waals surface area contributed by atoms with Crippen molar-refractivity contribution in [3.05, 3.63) is 58.7 Å². The Balaban J connectivity index is 2.78. The largest absolute Gasteiger partial charge is 0.265 e. The molecule has 0 N–H and O–H groups in total. The quantitative estimate of drug-likeness (QED) is 0.402. The summed E-state index contributed by atoms with van der Waals surface area (Å²) in [5, 5.41) is 10.3. The maximum Gasteiger partial charge on any atom is 0.214 e. The van der Waals surface area contributed by atoms with Gasteiger partial charge in [-0.05, 0) is 5.56 Å². The molecule has 0 bridgehead atoms. The molecule has 1 rings (SSSR count). The fraction of sp³-hybridized carbons (Fsp3) is 0.200. The van der Waals surface area contributed by atoms with Crippen LogP contribution in [0.25, 0.3) is 0 Å². The van der Waals surface area contributed by atoms with E-state index in [1.54, 1.807) is 6.08 Å². The Labute approximate surface area is 76.9 Å². The van der Waals surface area contributed by atoms with Gasteiger partial charge in [0, 0.05) is 4.92 Å². The lowest BCUT2D eigenvalue weighted by Gasteiger charge is -2.06. The number of benzene rings is 1. The Bertz CT molecular complexity index is 295. The summed E-state index contributed by atoms with van der Waals surface area (Å²) < 4.78 is 0. The zero-order valence-electron chi connectivity index (χ0n) is 7.22. The van der Waals surface area contributed by atoms with Gasteiger partial charge >= 0.3 is 0 Å². The molecule has 1 atom stereocenters. The molecular weight excluding hydrogens is 166 g/mol. The van der Waals surface area contributed by atoms with Crippen LogP contribution in [0, 0.1) is 10.1 Å². The van der Waals surface area contributed by atoms with Crippen LogP contribution in [-0.4, -0.2) is 11.5 Å². The van der Waals surface area contributed by atoms with Gasteiger partial charge in [-0.15, -0.1) is 6.58 Å². The molecule has 1 aromatic carbocycles.